The number of hydrogen-bond acceptors (Lipinski definition) is 4. The van der Waals surface area contributed by atoms with Crippen LogP contribution in [0.4, 0.5) is 0 Å². The van der Waals surface area contributed by atoms with Crippen molar-refractivity contribution in [2.75, 3.05) is 0 Å². The van der Waals surface area contributed by atoms with E-state index < -0.39 is 0 Å². The van der Waals surface area contributed by atoms with E-state index in [-0.39, 0.29) is 0 Å². The van der Waals surface area contributed by atoms with Gasteiger partial charge in [0.25, 0.3) is 0 Å². The maximum absolute atomic E-state index is 5.04. The summed E-state index contributed by atoms with van der Waals surface area (Å²) < 4.78 is 0. The molecular formula is C54H32N4. The van der Waals surface area contributed by atoms with Crippen molar-refractivity contribution >= 4 is 64.6 Å². The van der Waals surface area contributed by atoms with Crippen LogP contribution in [-0.2, 0) is 0 Å². The first-order chi connectivity index (χ1) is 28.7. The van der Waals surface area contributed by atoms with Crippen LogP contribution in [0.5, 0.6) is 0 Å². The molecule has 58 heavy (non-hydrogen) atoms. The summed E-state index contributed by atoms with van der Waals surface area (Å²) >= 11 is 0. The molecule has 0 unspecified atom stereocenters. The van der Waals surface area contributed by atoms with Crippen molar-refractivity contribution in [3.8, 4) is 56.4 Å². The highest BCUT2D eigenvalue weighted by Crippen LogP contribution is 2.44. The van der Waals surface area contributed by atoms with Gasteiger partial charge in [0.1, 0.15) is 0 Å². The third kappa shape index (κ3) is 5.09. The van der Waals surface area contributed by atoms with Gasteiger partial charge in [-0.1, -0.05) is 158 Å². The Morgan fingerprint density at radius 3 is 1.43 bits per heavy atom. The van der Waals surface area contributed by atoms with Gasteiger partial charge in [-0.2, -0.15) is 0 Å². The van der Waals surface area contributed by atoms with Crippen molar-refractivity contribution < 1.29 is 0 Å². The number of pyridine rings is 1. The molecule has 0 saturated carbocycles. The zero-order chi connectivity index (χ0) is 38.2. The molecule has 0 spiro atoms. The molecule has 2 heterocycles. The predicted molar refractivity (Wildman–Crippen MR) is 241 cm³/mol. The van der Waals surface area contributed by atoms with Gasteiger partial charge in [-0.15, -0.1) is 0 Å². The van der Waals surface area contributed by atoms with E-state index in [1.165, 1.54) is 70.2 Å². The van der Waals surface area contributed by atoms with Crippen LogP contribution in [0.15, 0.2) is 194 Å². The summed E-state index contributed by atoms with van der Waals surface area (Å²) in [6, 6.07) is 65.4. The molecule has 0 fully saturated rings. The number of hydrogen-bond donors (Lipinski definition) is 0. The second-order valence-electron chi connectivity index (χ2n) is 15.0. The zero-order valence-electron chi connectivity index (χ0n) is 31.3. The van der Waals surface area contributed by atoms with Gasteiger partial charge in [0.15, 0.2) is 17.5 Å². The topological polar surface area (TPSA) is 51.6 Å². The molecule has 0 aliphatic carbocycles. The van der Waals surface area contributed by atoms with Crippen LogP contribution in [0.2, 0.25) is 0 Å². The van der Waals surface area contributed by atoms with Gasteiger partial charge in [-0.3, -0.25) is 4.98 Å². The first kappa shape index (κ1) is 32.4. The number of benzene rings is 9. The average molecular weight is 737 g/mol. The Morgan fingerprint density at radius 1 is 0.276 bits per heavy atom. The maximum Gasteiger partial charge on any atom is 0.165 e. The molecule has 0 radical (unpaired) electrons. The Labute approximate surface area is 334 Å². The van der Waals surface area contributed by atoms with Crippen molar-refractivity contribution in [1.82, 2.24) is 19.9 Å². The van der Waals surface area contributed by atoms with Gasteiger partial charge >= 0.3 is 0 Å². The van der Waals surface area contributed by atoms with E-state index in [4.69, 9.17) is 15.0 Å². The minimum Gasteiger partial charge on any atom is -0.264 e. The molecule has 0 aliphatic rings. The Balaban J connectivity index is 1.04. The monoisotopic (exact) mass is 736 g/mol. The first-order valence-electron chi connectivity index (χ1n) is 19.6. The highest BCUT2D eigenvalue weighted by atomic mass is 15.0. The van der Waals surface area contributed by atoms with Crippen molar-refractivity contribution in [3.63, 3.8) is 0 Å². The fourth-order valence-corrected chi connectivity index (χ4v) is 9.06. The molecule has 4 heteroatoms. The molecule has 12 rings (SSSR count). The summed E-state index contributed by atoms with van der Waals surface area (Å²) in [7, 11) is 0. The van der Waals surface area contributed by atoms with E-state index >= 15 is 0 Å². The van der Waals surface area contributed by atoms with Crippen LogP contribution >= 0.6 is 0 Å². The Kier molecular flexibility index (Phi) is 7.20. The lowest BCUT2D eigenvalue weighted by atomic mass is 9.86. The van der Waals surface area contributed by atoms with Gasteiger partial charge in [0, 0.05) is 29.1 Å². The van der Waals surface area contributed by atoms with Crippen LogP contribution in [0.25, 0.3) is 121 Å². The largest absolute Gasteiger partial charge is 0.264 e. The van der Waals surface area contributed by atoms with Crippen molar-refractivity contribution in [2.24, 2.45) is 0 Å². The van der Waals surface area contributed by atoms with E-state index in [0.29, 0.717) is 17.5 Å². The number of nitrogens with zero attached hydrogens (tertiary/aromatic N) is 4. The van der Waals surface area contributed by atoms with E-state index in [2.05, 4.69) is 138 Å². The third-order valence-electron chi connectivity index (χ3n) is 11.7. The van der Waals surface area contributed by atoms with Crippen molar-refractivity contribution in [2.45, 2.75) is 0 Å². The second kappa shape index (κ2) is 12.9. The van der Waals surface area contributed by atoms with E-state index in [1.807, 2.05) is 48.5 Å². The average Bonchev–Trinajstić information content (AvgIpc) is 3.30. The lowest BCUT2D eigenvalue weighted by Crippen LogP contribution is -2.01. The third-order valence-corrected chi connectivity index (χ3v) is 11.7. The van der Waals surface area contributed by atoms with Gasteiger partial charge in [0.05, 0.1) is 0 Å². The number of fused-ring (bicyclic) bond motifs is 2. The number of rotatable bonds is 5. The highest BCUT2D eigenvalue weighted by Gasteiger charge is 2.18. The lowest BCUT2D eigenvalue weighted by molar-refractivity contribution is 1.07. The van der Waals surface area contributed by atoms with Gasteiger partial charge in [-0.25, -0.2) is 15.0 Å². The summed E-state index contributed by atoms with van der Waals surface area (Å²) in [5, 5.41) is 15.4. The Bertz CT molecular complexity index is 3480. The molecule has 4 nitrogen and oxygen atoms in total. The van der Waals surface area contributed by atoms with Crippen LogP contribution < -0.4 is 0 Å². The molecule has 12 aromatic rings. The summed E-state index contributed by atoms with van der Waals surface area (Å²) in [4.78, 5) is 19.3. The molecule has 0 atom stereocenters. The minimum absolute atomic E-state index is 0.587. The smallest absolute Gasteiger partial charge is 0.165 e. The van der Waals surface area contributed by atoms with Crippen LogP contribution in [0, 0.1) is 0 Å². The van der Waals surface area contributed by atoms with Crippen molar-refractivity contribution in [3.05, 3.63) is 194 Å². The normalized spacial score (nSPS) is 11.8. The van der Waals surface area contributed by atoms with Crippen LogP contribution in [-0.4, -0.2) is 19.9 Å². The van der Waals surface area contributed by atoms with Crippen molar-refractivity contribution in [1.29, 1.82) is 0 Å². The standard InChI is InChI=1S/C54H32N4/c1-2-10-38(11-3-1)52-56-53(40-15-9-29-55-32-40)58-54(57-52)46-17-5-4-16-42(46)34-23-21-33(22-24-34)41-30-39-28-27-37-13-7-19-44-43-18-6-12-35-25-26-36-14-8-20-45(50(36)48(35)43)47(31-41)51(39)49(37)44/h1-32H. The zero-order valence-corrected chi connectivity index (χ0v) is 31.3. The van der Waals surface area contributed by atoms with Crippen LogP contribution in [0.3, 0.4) is 0 Å². The van der Waals surface area contributed by atoms with E-state index in [9.17, 15) is 0 Å². The first-order valence-corrected chi connectivity index (χ1v) is 19.6. The summed E-state index contributed by atoms with van der Waals surface area (Å²) in [6.45, 7) is 0. The Morgan fingerprint density at radius 2 is 0.793 bits per heavy atom. The lowest BCUT2D eigenvalue weighted by Gasteiger charge is -2.17. The van der Waals surface area contributed by atoms with Crippen LogP contribution in [0.1, 0.15) is 0 Å². The van der Waals surface area contributed by atoms with E-state index in [0.717, 1.165) is 33.4 Å². The molecule has 0 saturated heterocycles. The van der Waals surface area contributed by atoms with E-state index in [1.54, 1.807) is 12.4 Å². The molecule has 10 aromatic carbocycles. The van der Waals surface area contributed by atoms with Gasteiger partial charge in [0.2, 0.25) is 0 Å². The van der Waals surface area contributed by atoms with Gasteiger partial charge in [-0.05, 0) is 111 Å². The van der Waals surface area contributed by atoms with Gasteiger partial charge < -0.3 is 0 Å². The highest BCUT2D eigenvalue weighted by molar-refractivity contribution is 6.37. The molecule has 0 aliphatic heterocycles. The summed E-state index contributed by atoms with van der Waals surface area (Å²) in [6.07, 6.45) is 3.56. The summed E-state index contributed by atoms with van der Waals surface area (Å²) in [5.41, 5.74) is 7.19. The Hall–Kier alpha value is -7.82. The molecule has 0 amide bonds. The molecular weight excluding hydrogens is 705 g/mol. The summed E-state index contributed by atoms with van der Waals surface area (Å²) in [5.74, 6) is 1.83. The quantitative estimate of drug-likeness (QED) is 0.165. The fraction of sp³-hybridized carbons (Fsp3) is 0. The molecule has 0 N–H and O–H groups in total. The fourth-order valence-electron chi connectivity index (χ4n) is 9.06. The minimum atomic E-state index is 0.587. The molecule has 2 aromatic heterocycles. The SMILES string of the molecule is c1ccc(-c2nc(-c3cccnc3)nc(-c3ccccc3-c3ccc(-c4cc5ccc6cccc7c8cccc9ccc%10cccc(c(c4)c5c67)c%10c98)cc3)n2)cc1. The number of aromatic nitrogens is 4. The second-order valence-corrected chi connectivity index (χ2v) is 15.0. The maximum atomic E-state index is 5.04. The predicted octanol–water partition coefficient (Wildman–Crippen LogP) is 14.0. The molecule has 0 bridgehead atoms. The molecule has 268 valence electrons.